The highest BCUT2D eigenvalue weighted by Gasteiger charge is 2.37. The van der Waals surface area contributed by atoms with Crippen molar-refractivity contribution in [1.29, 1.82) is 0 Å². The van der Waals surface area contributed by atoms with Crippen LogP contribution in [0, 0.1) is 0 Å². The Bertz CT molecular complexity index is 494. The number of nitrogens with zero attached hydrogens (tertiary/aromatic N) is 2. The van der Waals surface area contributed by atoms with Gasteiger partial charge in [0.05, 0.1) is 6.33 Å². The number of rotatable bonds is 4. The second kappa shape index (κ2) is 5.56. The average Bonchev–Trinajstić information content (AvgIpc) is 2.87. The summed E-state index contributed by atoms with van der Waals surface area (Å²) in [6.07, 6.45) is 6.59. The molecule has 1 aliphatic rings. The highest BCUT2D eigenvalue weighted by Crippen LogP contribution is 2.30. The zero-order chi connectivity index (χ0) is 12.5. The van der Waals surface area contributed by atoms with E-state index >= 15 is 0 Å². The third-order valence-electron chi connectivity index (χ3n) is 3.26. The first-order valence-corrected chi connectivity index (χ1v) is 7.18. The lowest BCUT2D eigenvalue weighted by Crippen LogP contribution is -2.51. The molecular formula is C10H19ClN4O2S. The molecule has 0 bridgehead atoms. The first-order valence-electron chi connectivity index (χ1n) is 5.69. The Morgan fingerprint density at radius 2 is 2.11 bits per heavy atom. The molecular weight excluding hydrogens is 276 g/mol. The largest absolute Gasteiger partial charge is 0.339 e. The van der Waals surface area contributed by atoms with E-state index in [1.807, 2.05) is 0 Å². The van der Waals surface area contributed by atoms with Crippen LogP contribution in [-0.4, -0.2) is 30.1 Å². The second-order valence-corrected chi connectivity index (χ2v) is 6.30. The number of sulfonamides is 1. The normalized spacial score (nSPS) is 18.6. The molecule has 0 spiro atoms. The Kier molecular flexibility index (Phi) is 4.77. The number of aryl methyl sites for hydroxylation is 1. The predicted octanol–water partition coefficient (Wildman–Crippen LogP) is 0.392. The smallest absolute Gasteiger partial charge is 0.260 e. The van der Waals surface area contributed by atoms with Crippen molar-refractivity contribution in [1.82, 2.24) is 14.3 Å². The molecule has 0 aliphatic heterocycles. The van der Waals surface area contributed by atoms with Crippen LogP contribution >= 0.6 is 12.4 Å². The van der Waals surface area contributed by atoms with E-state index in [1.54, 1.807) is 11.6 Å². The minimum absolute atomic E-state index is 0. The molecule has 8 heteroatoms. The fourth-order valence-corrected chi connectivity index (χ4v) is 3.72. The quantitative estimate of drug-likeness (QED) is 0.841. The van der Waals surface area contributed by atoms with E-state index < -0.39 is 15.6 Å². The summed E-state index contributed by atoms with van der Waals surface area (Å²) in [7, 11) is -1.82. The maximum absolute atomic E-state index is 12.1. The number of imidazole rings is 1. The molecule has 6 nitrogen and oxygen atoms in total. The van der Waals surface area contributed by atoms with Gasteiger partial charge in [-0.2, -0.15) is 0 Å². The standard InChI is InChI=1S/C10H18N4O2S.ClH/c1-14-6-9(12-8-14)17(15,16)13-10(7-11)4-2-3-5-10;/h6,8,13H,2-5,7,11H2,1H3;1H. The summed E-state index contributed by atoms with van der Waals surface area (Å²) in [5, 5.41) is 0.0553. The maximum atomic E-state index is 12.1. The van der Waals surface area contributed by atoms with Gasteiger partial charge in [-0.15, -0.1) is 12.4 Å². The van der Waals surface area contributed by atoms with Crippen LogP contribution in [0.15, 0.2) is 17.6 Å². The van der Waals surface area contributed by atoms with Crippen molar-refractivity contribution < 1.29 is 8.42 Å². The lowest BCUT2D eigenvalue weighted by atomic mass is 10.0. The van der Waals surface area contributed by atoms with Gasteiger partial charge >= 0.3 is 0 Å². The molecule has 0 atom stereocenters. The summed E-state index contributed by atoms with van der Waals surface area (Å²) in [6, 6.07) is 0. The van der Waals surface area contributed by atoms with Crippen molar-refractivity contribution in [2.75, 3.05) is 6.54 Å². The van der Waals surface area contributed by atoms with Crippen LogP contribution in [0.2, 0.25) is 0 Å². The number of hydrogen-bond acceptors (Lipinski definition) is 4. The van der Waals surface area contributed by atoms with E-state index in [0.717, 1.165) is 25.7 Å². The van der Waals surface area contributed by atoms with Crippen molar-refractivity contribution in [2.24, 2.45) is 12.8 Å². The summed E-state index contributed by atoms with van der Waals surface area (Å²) < 4.78 is 28.6. The first kappa shape index (κ1) is 15.4. The molecule has 0 radical (unpaired) electrons. The van der Waals surface area contributed by atoms with Gasteiger partial charge in [-0.25, -0.2) is 18.1 Å². The number of aromatic nitrogens is 2. The first-order chi connectivity index (χ1) is 7.97. The van der Waals surface area contributed by atoms with Gasteiger partial charge in [0.2, 0.25) is 0 Å². The van der Waals surface area contributed by atoms with Crippen LogP contribution in [0.3, 0.4) is 0 Å². The average molecular weight is 295 g/mol. The Morgan fingerprint density at radius 3 is 2.56 bits per heavy atom. The molecule has 0 amide bonds. The van der Waals surface area contributed by atoms with E-state index in [2.05, 4.69) is 9.71 Å². The van der Waals surface area contributed by atoms with Crippen LogP contribution in [0.5, 0.6) is 0 Å². The lowest BCUT2D eigenvalue weighted by molar-refractivity contribution is 0.399. The van der Waals surface area contributed by atoms with Gasteiger partial charge in [-0.3, -0.25) is 0 Å². The summed E-state index contributed by atoms with van der Waals surface area (Å²) >= 11 is 0. The van der Waals surface area contributed by atoms with Crippen molar-refractivity contribution in [3.63, 3.8) is 0 Å². The Balaban J connectivity index is 0.00000162. The van der Waals surface area contributed by atoms with Crippen molar-refractivity contribution in [3.8, 4) is 0 Å². The zero-order valence-corrected chi connectivity index (χ0v) is 11.9. The number of halogens is 1. The predicted molar refractivity (Wildman–Crippen MR) is 71.0 cm³/mol. The van der Waals surface area contributed by atoms with Gasteiger partial charge in [-0.05, 0) is 12.8 Å². The van der Waals surface area contributed by atoms with Gasteiger partial charge < -0.3 is 10.3 Å². The molecule has 3 N–H and O–H groups in total. The van der Waals surface area contributed by atoms with Crippen LogP contribution in [0.25, 0.3) is 0 Å². The van der Waals surface area contributed by atoms with Gasteiger partial charge in [0, 0.05) is 25.3 Å². The van der Waals surface area contributed by atoms with Gasteiger partial charge in [-0.1, -0.05) is 12.8 Å². The molecule has 1 aliphatic carbocycles. The van der Waals surface area contributed by atoms with Crippen LogP contribution in [0.4, 0.5) is 0 Å². The summed E-state index contributed by atoms with van der Waals surface area (Å²) in [5.74, 6) is 0. The number of nitrogens with one attached hydrogen (secondary N) is 1. The molecule has 104 valence electrons. The van der Waals surface area contributed by atoms with Crippen molar-refractivity contribution >= 4 is 22.4 Å². The highest BCUT2D eigenvalue weighted by atomic mass is 35.5. The molecule has 1 saturated carbocycles. The monoisotopic (exact) mass is 294 g/mol. The van der Waals surface area contributed by atoms with Gasteiger partial charge in [0.25, 0.3) is 10.0 Å². The van der Waals surface area contributed by atoms with Gasteiger partial charge in [0.15, 0.2) is 5.03 Å². The van der Waals surface area contributed by atoms with Crippen molar-refractivity contribution in [2.45, 2.75) is 36.2 Å². The van der Waals surface area contributed by atoms with E-state index in [0.29, 0.717) is 6.54 Å². The van der Waals surface area contributed by atoms with E-state index in [-0.39, 0.29) is 17.4 Å². The lowest BCUT2D eigenvalue weighted by Gasteiger charge is -2.27. The second-order valence-electron chi connectivity index (χ2n) is 4.67. The molecule has 0 unspecified atom stereocenters. The van der Waals surface area contributed by atoms with Crippen LogP contribution in [0.1, 0.15) is 25.7 Å². The van der Waals surface area contributed by atoms with Crippen molar-refractivity contribution in [3.05, 3.63) is 12.5 Å². The van der Waals surface area contributed by atoms with Gasteiger partial charge in [0.1, 0.15) is 0 Å². The minimum Gasteiger partial charge on any atom is -0.339 e. The molecule has 0 saturated heterocycles. The minimum atomic E-state index is -3.56. The molecule has 2 rings (SSSR count). The van der Waals surface area contributed by atoms with E-state index in [4.69, 9.17) is 5.73 Å². The Labute approximate surface area is 113 Å². The summed E-state index contributed by atoms with van der Waals surface area (Å²) in [4.78, 5) is 3.87. The SMILES string of the molecule is Cl.Cn1cnc(S(=O)(=O)NC2(CN)CCCC2)c1. The molecule has 1 aromatic rings. The maximum Gasteiger partial charge on any atom is 0.260 e. The fraction of sp³-hybridized carbons (Fsp3) is 0.700. The third kappa shape index (κ3) is 3.03. The molecule has 1 heterocycles. The van der Waals surface area contributed by atoms with E-state index in [9.17, 15) is 8.42 Å². The van der Waals surface area contributed by atoms with Crippen LogP contribution in [-0.2, 0) is 17.1 Å². The molecule has 1 aromatic heterocycles. The van der Waals surface area contributed by atoms with Crippen LogP contribution < -0.4 is 10.5 Å². The number of nitrogens with two attached hydrogens (primary N) is 1. The molecule has 1 fully saturated rings. The highest BCUT2D eigenvalue weighted by molar-refractivity contribution is 7.89. The third-order valence-corrected chi connectivity index (χ3v) is 4.72. The molecule has 0 aromatic carbocycles. The fourth-order valence-electron chi connectivity index (χ4n) is 2.26. The summed E-state index contributed by atoms with van der Waals surface area (Å²) in [5.41, 5.74) is 5.23. The Morgan fingerprint density at radius 1 is 1.50 bits per heavy atom. The number of hydrogen-bond donors (Lipinski definition) is 2. The van der Waals surface area contributed by atoms with E-state index in [1.165, 1.54) is 12.5 Å². The molecule has 18 heavy (non-hydrogen) atoms. The zero-order valence-electron chi connectivity index (χ0n) is 10.3. The topological polar surface area (TPSA) is 90.0 Å². The Hall–Kier alpha value is -0.630. The summed E-state index contributed by atoms with van der Waals surface area (Å²) in [6.45, 7) is 0.332.